The van der Waals surface area contributed by atoms with Gasteiger partial charge in [0.15, 0.2) is 6.10 Å². The van der Waals surface area contributed by atoms with Gasteiger partial charge in [-0.1, -0.05) is 6.92 Å². The van der Waals surface area contributed by atoms with Crippen molar-refractivity contribution >= 4 is 5.97 Å². The van der Waals surface area contributed by atoms with E-state index in [0.717, 1.165) is 6.42 Å². The van der Waals surface area contributed by atoms with Gasteiger partial charge in [0.2, 0.25) is 0 Å². The molecule has 2 unspecified atom stereocenters. The van der Waals surface area contributed by atoms with Crippen molar-refractivity contribution in [3.63, 3.8) is 0 Å². The largest absolute Gasteiger partial charge is 0.458 e. The van der Waals surface area contributed by atoms with E-state index in [1.54, 1.807) is 20.8 Å². The first-order chi connectivity index (χ1) is 6.72. The highest BCUT2D eigenvalue weighted by Crippen LogP contribution is 2.40. The first-order valence-electron chi connectivity index (χ1n) is 5.39. The van der Waals surface area contributed by atoms with E-state index >= 15 is 0 Å². The summed E-state index contributed by atoms with van der Waals surface area (Å²) in [4.78, 5) is 11.5. The minimum absolute atomic E-state index is 0.257. The molecule has 0 spiro atoms. The summed E-state index contributed by atoms with van der Waals surface area (Å²) >= 11 is 0. The van der Waals surface area contributed by atoms with Gasteiger partial charge >= 0.3 is 5.97 Å². The number of rotatable bonds is 3. The highest BCUT2D eigenvalue weighted by Gasteiger charge is 2.43. The average molecular weight is 215 g/mol. The third-order valence-corrected chi connectivity index (χ3v) is 2.68. The minimum Gasteiger partial charge on any atom is -0.458 e. The van der Waals surface area contributed by atoms with Crippen LogP contribution in [0.4, 0.5) is 0 Å². The molecule has 0 aliphatic heterocycles. The van der Waals surface area contributed by atoms with Gasteiger partial charge < -0.3 is 15.6 Å². The fourth-order valence-electron chi connectivity index (χ4n) is 1.64. The first kappa shape index (κ1) is 12.5. The van der Waals surface area contributed by atoms with Crippen LogP contribution >= 0.6 is 0 Å². The molecule has 1 saturated carbocycles. The molecule has 1 fully saturated rings. The molecule has 88 valence electrons. The van der Waals surface area contributed by atoms with E-state index in [-0.39, 0.29) is 5.92 Å². The third-order valence-electron chi connectivity index (χ3n) is 2.68. The van der Waals surface area contributed by atoms with Crippen molar-refractivity contribution in [2.24, 2.45) is 17.6 Å². The Morgan fingerprint density at radius 3 is 2.33 bits per heavy atom. The molecule has 0 radical (unpaired) electrons. The van der Waals surface area contributed by atoms with Crippen LogP contribution in [0.25, 0.3) is 0 Å². The molecule has 0 aromatic rings. The molecule has 0 bridgehead atoms. The zero-order chi connectivity index (χ0) is 11.8. The summed E-state index contributed by atoms with van der Waals surface area (Å²) in [6.45, 7) is 7.36. The highest BCUT2D eigenvalue weighted by atomic mass is 16.6. The maximum absolute atomic E-state index is 11.5. The van der Waals surface area contributed by atoms with Gasteiger partial charge in [0.1, 0.15) is 5.60 Å². The topological polar surface area (TPSA) is 72.5 Å². The van der Waals surface area contributed by atoms with Crippen LogP contribution in [0.5, 0.6) is 0 Å². The van der Waals surface area contributed by atoms with Crippen LogP contribution in [0.2, 0.25) is 0 Å². The molecule has 4 nitrogen and oxygen atoms in total. The van der Waals surface area contributed by atoms with Gasteiger partial charge in [-0.2, -0.15) is 0 Å². The van der Waals surface area contributed by atoms with Crippen molar-refractivity contribution in [1.29, 1.82) is 0 Å². The van der Waals surface area contributed by atoms with Gasteiger partial charge in [0.05, 0.1) is 0 Å². The highest BCUT2D eigenvalue weighted by molar-refractivity contribution is 5.75. The van der Waals surface area contributed by atoms with Crippen LogP contribution < -0.4 is 5.73 Å². The van der Waals surface area contributed by atoms with Crippen molar-refractivity contribution < 1.29 is 14.6 Å². The number of carbonyl (C=O) groups excluding carboxylic acids is 1. The lowest BCUT2D eigenvalue weighted by atomic mass is 10.1. The number of carbonyl (C=O) groups is 1. The number of nitrogens with two attached hydrogens (primary N) is 1. The molecule has 15 heavy (non-hydrogen) atoms. The lowest BCUT2D eigenvalue weighted by Gasteiger charge is -2.24. The van der Waals surface area contributed by atoms with Crippen molar-refractivity contribution in [2.75, 3.05) is 0 Å². The molecular formula is C11H21NO3. The summed E-state index contributed by atoms with van der Waals surface area (Å²) in [7, 11) is 0. The summed E-state index contributed by atoms with van der Waals surface area (Å²) in [6, 6.07) is -0.491. The summed E-state index contributed by atoms with van der Waals surface area (Å²) in [5.41, 5.74) is 5.21. The first-order valence-corrected chi connectivity index (χ1v) is 5.39. The number of hydrogen-bond donors (Lipinski definition) is 2. The van der Waals surface area contributed by atoms with E-state index in [0.29, 0.717) is 5.92 Å². The maximum atomic E-state index is 11.5. The summed E-state index contributed by atoms with van der Waals surface area (Å²) in [5, 5.41) is 9.68. The average Bonchev–Trinajstić information content (AvgIpc) is 2.77. The molecule has 1 rings (SSSR count). The van der Waals surface area contributed by atoms with E-state index < -0.39 is 23.7 Å². The van der Waals surface area contributed by atoms with Crippen LogP contribution in [0, 0.1) is 11.8 Å². The number of aliphatic hydroxyl groups excluding tert-OH is 1. The number of ether oxygens (including phenoxy) is 1. The standard InChI is InChI=1S/C11H21NO3/c1-6-5-7(6)8(12)9(13)10(14)15-11(2,3)4/h6-9,13H,5,12H2,1-4H3/t6-,7-,8?,9?/m0/s1. The van der Waals surface area contributed by atoms with E-state index in [4.69, 9.17) is 10.5 Å². The molecule has 3 N–H and O–H groups in total. The van der Waals surface area contributed by atoms with Crippen LogP contribution in [0.1, 0.15) is 34.1 Å². The molecular weight excluding hydrogens is 194 g/mol. The van der Waals surface area contributed by atoms with Gasteiger partial charge in [-0.05, 0) is 39.0 Å². The van der Waals surface area contributed by atoms with Crippen molar-refractivity contribution in [3.05, 3.63) is 0 Å². The van der Waals surface area contributed by atoms with Crippen molar-refractivity contribution in [3.8, 4) is 0 Å². The molecule has 1 aliphatic rings. The normalized spacial score (nSPS) is 29.5. The number of esters is 1. The van der Waals surface area contributed by atoms with Crippen LogP contribution in [0.3, 0.4) is 0 Å². The lowest BCUT2D eigenvalue weighted by molar-refractivity contribution is -0.166. The Bertz CT molecular complexity index is 247. The Morgan fingerprint density at radius 2 is 2.00 bits per heavy atom. The van der Waals surface area contributed by atoms with Crippen LogP contribution in [0.15, 0.2) is 0 Å². The van der Waals surface area contributed by atoms with E-state index in [2.05, 4.69) is 6.92 Å². The molecule has 0 aromatic carbocycles. The summed E-state index contributed by atoms with van der Waals surface area (Å²) in [6.07, 6.45) is -0.208. The Labute approximate surface area is 90.8 Å². The molecule has 0 amide bonds. The van der Waals surface area contributed by atoms with Crippen molar-refractivity contribution in [2.45, 2.75) is 51.9 Å². The van der Waals surface area contributed by atoms with E-state index in [1.807, 2.05) is 0 Å². The summed E-state index contributed by atoms with van der Waals surface area (Å²) in [5.74, 6) is 0.152. The van der Waals surface area contributed by atoms with E-state index in [9.17, 15) is 9.90 Å². The monoisotopic (exact) mass is 215 g/mol. The second kappa shape index (κ2) is 4.10. The van der Waals surface area contributed by atoms with Crippen LogP contribution in [-0.4, -0.2) is 28.8 Å². The zero-order valence-corrected chi connectivity index (χ0v) is 9.86. The maximum Gasteiger partial charge on any atom is 0.337 e. The van der Waals surface area contributed by atoms with Crippen molar-refractivity contribution in [1.82, 2.24) is 0 Å². The second-order valence-electron chi connectivity index (χ2n) is 5.43. The Hall–Kier alpha value is -0.610. The second-order valence-corrected chi connectivity index (χ2v) is 5.43. The Morgan fingerprint density at radius 1 is 1.53 bits per heavy atom. The minimum atomic E-state index is -1.20. The predicted octanol–water partition coefficient (Wildman–Crippen LogP) is 0.672. The Balaban J connectivity index is 2.45. The SMILES string of the molecule is C[C@H]1C[C@@H]1C(N)C(O)C(=O)OC(C)(C)C. The fourth-order valence-corrected chi connectivity index (χ4v) is 1.64. The van der Waals surface area contributed by atoms with Gasteiger partial charge in [0.25, 0.3) is 0 Å². The Kier molecular flexibility index (Phi) is 3.41. The van der Waals surface area contributed by atoms with Gasteiger partial charge in [-0.3, -0.25) is 0 Å². The third kappa shape index (κ3) is 3.47. The lowest BCUT2D eigenvalue weighted by Crippen LogP contribution is -2.45. The quantitative estimate of drug-likeness (QED) is 0.679. The predicted molar refractivity (Wildman–Crippen MR) is 57.1 cm³/mol. The molecule has 4 atom stereocenters. The molecule has 0 aromatic heterocycles. The molecule has 4 heteroatoms. The molecule has 1 aliphatic carbocycles. The summed E-state index contributed by atoms with van der Waals surface area (Å²) < 4.78 is 5.06. The molecule has 0 saturated heterocycles. The molecule has 0 heterocycles. The van der Waals surface area contributed by atoms with Crippen LogP contribution in [-0.2, 0) is 9.53 Å². The fraction of sp³-hybridized carbons (Fsp3) is 0.909. The zero-order valence-electron chi connectivity index (χ0n) is 9.86. The number of aliphatic hydroxyl groups is 1. The van der Waals surface area contributed by atoms with Gasteiger partial charge in [-0.15, -0.1) is 0 Å². The van der Waals surface area contributed by atoms with E-state index in [1.165, 1.54) is 0 Å². The van der Waals surface area contributed by atoms with Gasteiger partial charge in [0, 0.05) is 6.04 Å². The number of hydrogen-bond acceptors (Lipinski definition) is 4. The smallest absolute Gasteiger partial charge is 0.337 e. The van der Waals surface area contributed by atoms with Gasteiger partial charge in [-0.25, -0.2) is 4.79 Å².